The Balaban J connectivity index is 1.91. The molecule has 1 saturated heterocycles. The topological polar surface area (TPSA) is 75.7 Å². The van der Waals surface area contributed by atoms with Crippen LogP contribution in [-0.2, 0) is 19.1 Å². The van der Waals surface area contributed by atoms with Crippen LogP contribution in [0.5, 0.6) is 0 Å². The number of carbonyl (C=O) groups excluding carboxylic acids is 3. The third-order valence-electron chi connectivity index (χ3n) is 3.47. The maximum atomic E-state index is 12.1. The van der Waals surface area contributed by atoms with E-state index in [9.17, 15) is 14.4 Å². The second-order valence-electron chi connectivity index (χ2n) is 5.00. The fourth-order valence-electron chi connectivity index (χ4n) is 2.31. The minimum atomic E-state index is -0.399. The van der Waals surface area contributed by atoms with E-state index in [0.717, 1.165) is 10.2 Å². The number of nitrogens with zero attached hydrogens (tertiary/aromatic N) is 1. The van der Waals surface area contributed by atoms with Gasteiger partial charge in [0.1, 0.15) is 0 Å². The number of halogens is 1. The molecule has 0 radical (unpaired) electrons. The number of hydrogen-bond donors (Lipinski definition) is 1. The number of anilines is 1. The molecule has 2 rings (SSSR count). The zero-order valence-corrected chi connectivity index (χ0v) is 13.8. The normalized spacial score (nSPS) is 17.5. The average molecular weight is 369 g/mol. The second-order valence-corrected chi connectivity index (χ2v) is 5.92. The standard InChI is InChI=1S/C15H17BrN2O4/c1-22-14(20)5-6-17-15(21)10-7-13(19)18(9-10)12-4-2-3-11(16)8-12/h2-4,8,10H,5-7,9H2,1H3,(H,17,21)/t10-/m1/s1. The van der Waals surface area contributed by atoms with Gasteiger partial charge in [0, 0.05) is 29.7 Å². The zero-order chi connectivity index (χ0) is 16.1. The summed E-state index contributed by atoms with van der Waals surface area (Å²) in [6.07, 6.45) is 0.300. The van der Waals surface area contributed by atoms with Crippen LogP contribution in [0.15, 0.2) is 28.7 Å². The highest BCUT2D eigenvalue weighted by Crippen LogP contribution is 2.27. The molecule has 0 spiro atoms. The van der Waals surface area contributed by atoms with Gasteiger partial charge < -0.3 is 15.0 Å². The van der Waals surface area contributed by atoms with Gasteiger partial charge in [0.2, 0.25) is 11.8 Å². The van der Waals surface area contributed by atoms with Crippen LogP contribution < -0.4 is 10.2 Å². The van der Waals surface area contributed by atoms with Crippen molar-refractivity contribution in [3.05, 3.63) is 28.7 Å². The Morgan fingerprint density at radius 3 is 2.91 bits per heavy atom. The van der Waals surface area contributed by atoms with E-state index in [1.807, 2.05) is 24.3 Å². The van der Waals surface area contributed by atoms with Crippen LogP contribution in [0.1, 0.15) is 12.8 Å². The molecule has 0 unspecified atom stereocenters. The molecule has 1 aromatic rings. The first kappa shape index (κ1) is 16.5. The number of rotatable bonds is 5. The number of methoxy groups -OCH3 is 1. The van der Waals surface area contributed by atoms with E-state index >= 15 is 0 Å². The lowest BCUT2D eigenvalue weighted by Crippen LogP contribution is -2.34. The molecule has 1 atom stereocenters. The number of benzene rings is 1. The number of hydrogen-bond acceptors (Lipinski definition) is 4. The highest BCUT2D eigenvalue weighted by molar-refractivity contribution is 9.10. The van der Waals surface area contributed by atoms with Gasteiger partial charge in [-0.1, -0.05) is 22.0 Å². The van der Waals surface area contributed by atoms with E-state index in [1.54, 1.807) is 4.90 Å². The third kappa shape index (κ3) is 4.07. The lowest BCUT2D eigenvalue weighted by atomic mass is 10.1. The zero-order valence-electron chi connectivity index (χ0n) is 12.2. The summed E-state index contributed by atoms with van der Waals surface area (Å²) in [5.41, 5.74) is 0.768. The molecule has 1 aromatic carbocycles. The van der Waals surface area contributed by atoms with Crippen LogP contribution >= 0.6 is 15.9 Å². The van der Waals surface area contributed by atoms with Gasteiger partial charge in [0.25, 0.3) is 0 Å². The van der Waals surface area contributed by atoms with Gasteiger partial charge in [-0.25, -0.2) is 0 Å². The molecular formula is C15H17BrN2O4. The highest BCUT2D eigenvalue weighted by atomic mass is 79.9. The number of ether oxygens (including phenoxy) is 1. The van der Waals surface area contributed by atoms with Crippen molar-refractivity contribution >= 4 is 39.4 Å². The maximum absolute atomic E-state index is 12.1. The Kier molecular flexibility index (Phi) is 5.54. The predicted octanol–water partition coefficient (Wildman–Crippen LogP) is 1.48. The van der Waals surface area contributed by atoms with Crippen molar-refractivity contribution in [2.75, 3.05) is 25.1 Å². The lowest BCUT2D eigenvalue weighted by Gasteiger charge is -2.17. The van der Waals surface area contributed by atoms with Gasteiger partial charge in [0.05, 0.1) is 19.4 Å². The first-order valence-electron chi connectivity index (χ1n) is 6.91. The van der Waals surface area contributed by atoms with Gasteiger partial charge in [-0.2, -0.15) is 0 Å². The Morgan fingerprint density at radius 2 is 2.23 bits per heavy atom. The summed E-state index contributed by atoms with van der Waals surface area (Å²) in [6, 6.07) is 7.40. The van der Waals surface area contributed by atoms with Crippen LogP contribution in [0.3, 0.4) is 0 Å². The molecule has 6 nitrogen and oxygen atoms in total. The molecular weight excluding hydrogens is 352 g/mol. The molecule has 0 aromatic heterocycles. The molecule has 118 valence electrons. The summed E-state index contributed by atoms with van der Waals surface area (Å²) >= 11 is 3.37. The molecule has 0 saturated carbocycles. The van der Waals surface area contributed by atoms with Crippen molar-refractivity contribution in [2.45, 2.75) is 12.8 Å². The van der Waals surface area contributed by atoms with E-state index in [2.05, 4.69) is 26.0 Å². The van der Waals surface area contributed by atoms with Crippen LogP contribution in [-0.4, -0.2) is 38.0 Å². The number of carbonyl (C=O) groups is 3. The highest BCUT2D eigenvalue weighted by Gasteiger charge is 2.35. The minimum Gasteiger partial charge on any atom is -0.469 e. The molecule has 0 bridgehead atoms. The van der Waals surface area contributed by atoms with Crippen LogP contribution in [0.4, 0.5) is 5.69 Å². The van der Waals surface area contributed by atoms with Gasteiger partial charge in [-0.15, -0.1) is 0 Å². The monoisotopic (exact) mass is 368 g/mol. The number of nitrogens with one attached hydrogen (secondary N) is 1. The van der Waals surface area contributed by atoms with E-state index in [-0.39, 0.29) is 37.2 Å². The number of amides is 2. The molecule has 1 N–H and O–H groups in total. The van der Waals surface area contributed by atoms with Crippen molar-refractivity contribution in [1.29, 1.82) is 0 Å². The Labute approximate surface area is 136 Å². The van der Waals surface area contributed by atoms with Crippen LogP contribution in [0, 0.1) is 5.92 Å². The van der Waals surface area contributed by atoms with Crippen molar-refractivity contribution in [3.63, 3.8) is 0 Å². The quantitative estimate of drug-likeness (QED) is 0.798. The lowest BCUT2D eigenvalue weighted by molar-refractivity contribution is -0.140. The second kappa shape index (κ2) is 7.40. The average Bonchev–Trinajstić information content (AvgIpc) is 2.89. The first-order valence-corrected chi connectivity index (χ1v) is 7.71. The Morgan fingerprint density at radius 1 is 1.45 bits per heavy atom. The molecule has 2 amide bonds. The molecule has 1 aliphatic rings. The molecule has 1 aliphatic heterocycles. The predicted molar refractivity (Wildman–Crippen MR) is 84.2 cm³/mol. The minimum absolute atomic E-state index is 0.0776. The van der Waals surface area contributed by atoms with E-state index < -0.39 is 5.92 Å². The largest absolute Gasteiger partial charge is 0.469 e. The molecule has 22 heavy (non-hydrogen) atoms. The van der Waals surface area contributed by atoms with Gasteiger partial charge in [-0.05, 0) is 18.2 Å². The van der Waals surface area contributed by atoms with E-state index in [0.29, 0.717) is 6.54 Å². The number of esters is 1. The summed E-state index contributed by atoms with van der Waals surface area (Å²) in [6.45, 7) is 0.562. The molecule has 1 heterocycles. The maximum Gasteiger partial charge on any atom is 0.307 e. The summed E-state index contributed by atoms with van der Waals surface area (Å²) in [5.74, 6) is -1.07. The third-order valence-corrected chi connectivity index (χ3v) is 3.96. The summed E-state index contributed by atoms with van der Waals surface area (Å²) in [5, 5.41) is 2.67. The molecule has 0 aliphatic carbocycles. The van der Waals surface area contributed by atoms with Crippen molar-refractivity contribution in [2.24, 2.45) is 5.92 Å². The van der Waals surface area contributed by atoms with Crippen LogP contribution in [0.25, 0.3) is 0 Å². The van der Waals surface area contributed by atoms with Gasteiger partial charge in [-0.3, -0.25) is 14.4 Å². The molecule has 1 fully saturated rings. The first-order chi connectivity index (χ1) is 10.5. The Bertz CT molecular complexity index is 591. The van der Waals surface area contributed by atoms with Gasteiger partial charge in [0.15, 0.2) is 0 Å². The molecule has 7 heteroatoms. The van der Waals surface area contributed by atoms with E-state index in [1.165, 1.54) is 7.11 Å². The summed E-state index contributed by atoms with van der Waals surface area (Å²) < 4.78 is 5.38. The fourth-order valence-corrected chi connectivity index (χ4v) is 2.70. The summed E-state index contributed by atoms with van der Waals surface area (Å²) in [4.78, 5) is 36.7. The summed E-state index contributed by atoms with van der Waals surface area (Å²) in [7, 11) is 1.30. The van der Waals surface area contributed by atoms with Crippen molar-refractivity contribution in [1.82, 2.24) is 5.32 Å². The fraction of sp³-hybridized carbons (Fsp3) is 0.400. The Hall–Kier alpha value is -1.89. The van der Waals surface area contributed by atoms with E-state index in [4.69, 9.17) is 0 Å². The SMILES string of the molecule is COC(=O)CCNC(=O)[C@@H]1CC(=O)N(c2cccc(Br)c2)C1. The van der Waals surface area contributed by atoms with Crippen LogP contribution in [0.2, 0.25) is 0 Å². The van der Waals surface area contributed by atoms with Gasteiger partial charge >= 0.3 is 5.97 Å². The van der Waals surface area contributed by atoms with Crippen molar-refractivity contribution < 1.29 is 19.1 Å². The smallest absolute Gasteiger partial charge is 0.307 e. The van der Waals surface area contributed by atoms with Crippen molar-refractivity contribution in [3.8, 4) is 0 Å².